The van der Waals surface area contributed by atoms with Crippen LogP contribution in [0.2, 0.25) is 10.0 Å². The van der Waals surface area contributed by atoms with Gasteiger partial charge in [-0.2, -0.15) is 0 Å². The standard InChI is InChI=1S/C23H21Cl2NO4/c1-29-20-8-3-5-14(23(20)30-2)15-12-21(28)26(13-9-10-16(24)17(25)11-13)18-6-4-7-19(27)22(15)18/h3,5,8-11,15H,4,6-7,12H2,1-2H3. The number of anilines is 1. The summed E-state index contributed by atoms with van der Waals surface area (Å²) in [4.78, 5) is 28.0. The molecule has 0 saturated carbocycles. The number of ether oxygens (including phenoxy) is 2. The first-order chi connectivity index (χ1) is 14.5. The van der Waals surface area contributed by atoms with E-state index in [1.165, 1.54) is 0 Å². The van der Waals surface area contributed by atoms with Gasteiger partial charge in [-0.3, -0.25) is 14.5 Å². The number of hydrogen-bond acceptors (Lipinski definition) is 4. The number of methoxy groups -OCH3 is 2. The molecule has 0 aromatic heterocycles. The largest absolute Gasteiger partial charge is 0.493 e. The highest BCUT2D eigenvalue weighted by Gasteiger charge is 2.41. The van der Waals surface area contributed by atoms with Crippen molar-refractivity contribution >= 4 is 40.6 Å². The van der Waals surface area contributed by atoms with Crippen molar-refractivity contribution in [2.45, 2.75) is 31.6 Å². The van der Waals surface area contributed by atoms with Crippen molar-refractivity contribution in [1.29, 1.82) is 0 Å². The van der Waals surface area contributed by atoms with Crippen LogP contribution in [-0.4, -0.2) is 25.9 Å². The molecule has 0 fully saturated rings. The molecule has 7 heteroatoms. The summed E-state index contributed by atoms with van der Waals surface area (Å²) in [5, 5.41) is 0.778. The Kier molecular flexibility index (Phi) is 5.76. The van der Waals surface area contributed by atoms with Crippen molar-refractivity contribution in [3.8, 4) is 11.5 Å². The molecule has 1 aliphatic heterocycles. The van der Waals surface area contributed by atoms with Crippen molar-refractivity contribution in [2.24, 2.45) is 0 Å². The summed E-state index contributed by atoms with van der Waals surface area (Å²) in [5.41, 5.74) is 2.80. The molecule has 2 aromatic carbocycles. The van der Waals surface area contributed by atoms with Gasteiger partial charge < -0.3 is 9.47 Å². The second-order valence-corrected chi connectivity index (χ2v) is 8.12. The lowest BCUT2D eigenvalue weighted by Crippen LogP contribution is -2.40. The molecule has 5 nitrogen and oxygen atoms in total. The average Bonchev–Trinajstić information content (AvgIpc) is 2.74. The smallest absolute Gasteiger partial charge is 0.232 e. The average molecular weight is 446 g/mol. The maximum absolute atomic E-state index is 13.3. The Labute approximate surface area is 185 Å². The lowest BCUT2D eigenvalue weighted by atomic mass is 9.76. The lowest BCUT2D eigenvalue weighted by Gasteiger charge is -2.38. The minimum Gasteiger partial charge on any atom is -0.493 e. The van der Waals surface area contributed by atoms with Gasteiger partial charge in [0.2, 0.25) is 5.91 Å². The molecule has 156 valence electrons. The summed E-state index contributed by atoms with van der Waals surface area (Å²) in [6, 6.07) is 10.6. The van der Waals surface area contributed by atoms with E-state index in [1.54, 1.807) is 43.4 Å². The fourth-order valence-corrected chi connectivity index (χ4v) is 4.66. The SMILES string of the molecule is COc1cccc(C2CC(=O)N(c3ccc(Cl)c(Cl)c3)C3=C2C(=O)CCC3)c1OC. The number of para-hydroxylation sites is 1. The monoisotopic (exact) mass is 445 g/mol. The number of allylic oxidation sites excluding steroid dienone is 2. The molecule has 4 rings (SSSR count). The van der Waals surface area contributed by atoms with E-state index in [0.717, 1.165) is 11.3 Å². The van der Waals surface area contributed by atoms with Crippen molar-refractivity contribution in [3.63, 3.8) is 0 Å². The zero-order chi connectivity index (χ0) is 21.4. The highest BCUT2D eigenvalue weighted by atomic mass is 35.5. The van der Waals surface area contributed by atoms with Crippen molar-refractivity contribution in [2.75, 3.05) is 19.1 Å². The number of benzene rings is 2. The van der Waals surface area contributed by atoms with E-state index in [0.29, 0.717) is 52.1 Å². The van der Waals surface area contributed by atoms with E-state index in [2.05, 4.69) is 0 Å². The van der Waals surface area contributed by atoms with E-state index >= 15 is 0 Å². The molecule has 30 heavy (non-hydrogen) atoms. The molecular weight excluding hydrogens is 425 g/mol. The summed E-state index contributed by atoms with van der Waals surface area (Å²) in [6.45, 7) is 0. The molecule has 0 radical (unpaired) electrons. The van der Waals surface area contributed by atoms with Crippen LogP contribution in [0.5, 0.6) is 11.5 Å². The van der Waals surface area contributed by atoms with Gasteiger partial charge in [-0.05, 0) is 37.1 Å². The molecule has 1 amide bonds. The maximum Gasteiger partial charge on any atom is 0.232 e. The van der Waals surface area contributed by atoms with Crippen LogP contribution < -0.4 is 14.4 Å². The summed E-state index contributed by atoms with van der Waals surface area (Å²) in [5.74, 6) is 0.690. The van der Waals surface area contributed by atoms with Gasteiger partial charge in [0.05, 0.1) is 30.0 Å². The Balaban J connectivity index is 1.89. The summed E-state index contributed by atoms with van der Waals surface area (Å²) in [7, 11) is 3.13. The van der Waals surface area contributed by atoms with Crippen LogP contribution in [0.3, 0.4) is 0 Å². The van der Waals surface area contributed by atoms with Gasteiger partial charge in [0.15, 0.2) is 17.3 Å². The molecular formula is C23H21Cl2NO4. The predicted molar refractivity (Wildman–Crippen MR) is 117 cm³/mol. The van der Waals surface area contributed by atoms with Crippen LogP contribution in [0.4, 0.5) is 5.69 Å². The molecule has 0 saturated heterocycles. The van der Waals surface area contributed by atoms with Crippen LogP contribution in [0.25, 0.3) is 0 Å². The molecule has 1 aliphatic carbocycles. The topological polar surface area (TPSA) is 55.8 Å². The first-order valence-corrected chi connectivity index (χ1v) is 10.5. The first kappa shape index (κ1) is 20.8. The molecule has 0 bridgehead atoms. The van der Waals surface area contributed by atoms with E-state index in [4.69, 9.17) is 32.7 Å². The number of carbonyl (C=O) groups excluding carboxylic acids is 2. The van der Waals surface area contributed by atoms with E-state index < -0.39 is 0 Å². The van der Waals surface area contributed by atoms with Gasteiger partial charge in [-0.1, -0.05) is 35.3 Å². The molecule has 2 aromatic rings. The third-order valence-electron chi connectivity index (χ3n) is 5.65. The number of amides is 1. The molecule has 2 aliphatic rings. The van der Waals surface area contributed by atoms with Crippen molar-refractivity contribution in [1.82, 2.24) is 0 Å². The molecule has 0 spiro atoms. The Morgan fingerprint density at radius 2 is 1.80 bits per heavy atom. The third kappa shape index (κ3) is 3.46. The van der Waals surface area contributed by atoms with Gasteiger partial charge >= 0.3 is 0 Å². The second-order valence-electron chi connectivity index (χ2n) is 7.30. The highest BCUT2D eigenvalue weighted by molar-refractivity contribution is 6.42. The number of rotatable bonds is 4. The van der Waals surface area contributed by atoms with Crippen LogP contribution in [-0.2, 0) is 9.59 Å². The number of ketones is 1. The first-order valence-electron chi connectivity index (χ1n) is 9.71. The van der Waals surface area contributed by atoms with E-state index in [1.807, 2.05) is 12.1 Å². The minimum absolute atomic E-state index is 0.0590. The van der Waals surface area contributed by atoms with Crippen LogP contribution >= 0.6 is 23.2 Å². The Bertz CT molecular complexity index is 1060. The molecule has 1 unspecified atom stereocenters. The van der Waals surface area contributed by atoms with E-state index in [-0.39, 0.29) is 24.0 Å². The fourth-order valence-electron chi connectivity index (χ4n) is 4.37. The number of Topliss-reactive ketones (excluding diaryl/α,β-unsaturated/α-hetero) is 1. The molecule has 1 atom stereocenters. The molecule has 1 heterocycles. The predicted octanol–water partition coefficient (Wildman–Crippen LogP) is 5.54. The summed E-state index contributed by atoms with van der Waals surface area (Å²) < 4.78 is 11.0. The zero-order valence-electron chi connectivity index (χ0n) is 16.7. The Hall–Kier alpha value is -2.50. The van der Waals surface area contributed by atoms with Crippen molar-refractivity contribution < 1.29 is 19.1 Å². The number of halogens is 2. The van der Waals surface area contributed by atoms with Gasteiger partial charge in [0.25, 0.3) is 0 Å². The normalized spacial score (nSPS) is 19.1. The maximum atomic E-state index is 13.3. The van der Waals surface area contributed by atoms with Gasteiger partial charge in [-0.15, -0.1) is 0 Å². The van der Waals surface area contributed by atoms with Crippen LogP contribution in [0.15, 0.2) is 47.7 Å². The lowest BCUT2D eigenvalue weighted by molar-refractivity contribution is -0.119. The minimum atomic E-state index is -0.385. The third-order valence-corrected chi connectivity index (χ3v) is 6.38. The van der Waals surface area contributed by atoms with Crippen molar-refractivity contribution in [3.05, 3.63) is 63.3 Å². The van der Waals surface area contributed by atoms with Gasteiger partial charge in [0.1, 0.15) is 0 Å². The summed E-state index contributed by atoms with van der Waals surface area (Å²) >= 11 is 12.3. The zero-order valence-corrected chi connectivity index (χ0v) is 18.2. The van der Waals surface area contributed by atoms with Gasteiger partial charge in [-0.25, -0.2) is 0 Å². The Morgan fingerprint density at radius 1 is 1.00 bits per heavy atom. The number of carbonyl (C=O) groups is 2. The van der Waals surface area contributed by atoms with E-state index in [9.17, 15) is 9.59 Å². The summed E-state index contributed by atoms with van der Waals surface area (Å²) in [6.07, 6.45) is 1.94. The number of nitrogens with zero attached hydrogens (tertiary/aromatic N) is 1. The van der Waals surface area contributed by atoms with Crippen LogP contribution in [0.1, 0.15) is 37.2 Å². The van der Waals surface area contributed by atoms with Gasteiger partial charge in [0, 0.05) is 35.6 Å². The second kappa shape index (κ2) is 8.32. The van der Waals surface area contributed by atoms with Crippen LogP contribution in [0, 0.1) is 0 Å². The quantitative estimate of drug-likeness (QED) is 0.619. The highest BCUT2D eigenvalue weighted by Crippen LogP contribution is 2.47. The fraction of sp³-hybridized carbons (Fsp3) is 0.304. The molecule has 0 N–H and O–H groups in total. The Morgan fingerprint density at radius 3 is 2.50 bits per heavy atom. The number of hydrogen-bond donors (Lipinski definition) is 0.